The summed E-state index contributed by atoms with van der Waals surface area (Å²) in [6, 6.07) is 27.8. The molecule has 0 amide bonds. The van der Waals surface area contributed by atoms with Gasteiger partial charge in [-0.2, -0.15) is 0 Å². The monoisotopic (exact) mass is 436 g/mol. The minimum atomic E-state index is -3.38. The van der Waals surface area contributed by atoms with Crippen LogP contribution in [0, 0.1) is 0 Å². The molecule has 6 heteroatoms. The van der Waals surface area contributed by atoms with Gasteiger partial charge < -0.3 is 0 Å². The number of nitrogens with zero attached hydrogens (tertiary/aromatic N) is 2. The molecule has 0 aliphatic carbocycles. The van der Waals surface area contributed by atoms with E-state index in [2.05, 4.69) is 9.34 Å². The van der Waals surface area contributed by atoms with Crippen LogP contribution in [0.3, 0.4) is 0 Å². The Labute approximate surface area is 184 Å². The quantitative estimate of drug-likeness (QED) is 0.514. The molecule has 1 aliphatic heterocycles. The average Bonchev–Trinajstić information content (AvgIpc) is 3.16. The number of para-hydroxylation sites is 2. The van der Waals surface area contributed by atoms with Gasteiger partial charge in [0.25, 0.3) is 0 Å². The van der Waals surface area contributed by atoms with Crippen LogP contribution in [0.1, 0.15) is 24.6 Å². The van der Waals surface area contributed by atoms with Crippen molar-refractivity contribution in [1.29, 1.82) is 0 Å². The van der Waals surface area contributed by atoms with Gasteiger partial charge in [0.05, 0.1) is 0 Å². The van der Waals surface area contributed by atoms with Crippen molar-refractivity contribution in [2.24, 2.45) is 0 Å². The van der Waals surface area contributed by atoms with Crippen molar-refractivity contribution in [3.05, 3.63) is 90.5 Å². The number of hydrogen-bond acceptors (Lipinski definition) is 5. The Morgan fingerprint density at radius 1 is 0.903 bits per heavy atom. The predicted molar refractivity (Wildman–Crippen MR) is 129 cm³/mol. The minimum absolute atomic E-state index is 0.0645. The van der Waals surface area contributed by atoms with Gasteiger partial charge in [0.1, 0.15) is 0 Å². The van der Waals surface area contributed by atoms with Crippen molar-refractivity contribution < 1.29 is 14.4 Å². The number of ketones is 1. The number of hydrogen-bond donors (Lipinski definition) is 1. The van der Waals surface area contributed by atoms with E-state index in [0.29, 0.717) is 13.1 Å². The molecule has 1 aliphatic rings. The molecule has 4 rings (SSSR count). The van der Waals surface area contributed by atoms with Crippen LogP contribution in [-0.2, 0) is 4.79 Å². The SMILES string of the molecule is COc1ccc(C(CC(C)=O)[PH]2(O)N(c3ccccc3)CCN2c2ccccc2)cc1. The van der Waals surface area contributed by atoms with Crippen LogP contribution in [-0.4, -0.2) is 30.9 Å². The van der Waals surface area contributed by atoms with E-state index < -0.39 is 7.79 Å². The van der Waals surface area contributed by atoms with E-state index in [-0.39, 0.29) is 17.9 Å². The van der Waals surface area contributed by atoms with E-state index in [4.69, 9.17) is 4.74 Å². The second-order valence-corrected chi connectivity index (χ2v) is 11.0. The molecule has 31 heavy (non-hydrogen) atoms. The molecule has 0 saturated carbocycles. The van der Waals surface area contributed by atoms with Crippen molar-refractivity contribution in [3.63, 3.8) is 0 Å². The zero-order valence-electron chi connectivity index (χ0n) is 17.9. The molecule has 1 saturated heterocycles. The molecule has 1 N–H and O–H groups in total. The molecule has 0 spiro atoms. The van der Waals surface area contributed by atoms with E-state index in [1.54, 1.807) is 14.0 Å². The maximum atomic E-state index is 12.6. The summed E-state index contributed by atoms with van der Waals surface area (Å²) in [5.41, 5.74) is 2.60. The summed E-state index contributed by atoms with van der Waals surface area (Å²) in [5, 5.41) is 0. The van der Waals surface area contributed by atoms with Gasteiger partial charge in [0, 0.05) is 0 Å². The zero-order chi connectivity index (χ0) is 21.8. The second-order valence-electron chi connectivity index (χ2n) is 7.89. The number of methoxy groups -OCH3 is 1. The number of carbonyl (C=O) groups is 1. The van der Waals surface area contributed by atoms with Gasteiger partial charge in [-0.3, -0.25) is 0 Å². The Morgan fingerprint density at radius 3 is 1.81 bits per heavy atom. The molecule has 0 bridgehead atoms. The van der Waals surface area contributed by atoms with Crippen LogP contribution in [0.4, 0.5) is 11.4 Å². The van der Waals surface area contributed by atoms with Crippen molar-refractivity contribution in [2.45, 2.75) is 19.0 Å². The fraction of sp³-hybridized carbons (Fsp3) is 0.240. The first-order chi connectivity index (χ1) is 15.0. The molecule has 5 nitrogen and oxygen atoms in total. The molecule has 162 valence electrons. The van der Waals surface area contributed by atoms with Crippen LogP contribution in [0.5, 0.6) is 5.75 Å². The number of rotatable bonds is 7. The molecular weight excluding hydrogens is 407 g/mol. The number of anilines is 2. The molecule has 1 fully saturated rings. The number of ether oxygens (including phenoxy) is 1. The summed E-state index contributed by atoms with van der Waals surface area (Å²) in [6.45, 7) is 3.00. The Bertz CT molecular complexity index is 964. The second kappa shape index (κ2) is 9.09. The molecule has 3 aromatic carbocycles. The van der Waals surface area contributed by atoms with Crippen LogP contribution < -0.4 is 14.1 Å². The third-order valence-corrected chi connectivity index (χ3v) is 9.98. The summed E-state index contributed by atoms with van der Waals surface area (Å²) < 4.78 is 9.62. The van der Waals surface area contributed by atoms with Crippen molar-refractivity contribution >= 4 is 24.9 Å². The third-order valence-electron chi connectivity index (χ3n) is 5.95. The van der Waals surface area contributed by atoms with Crippen molar-refractivity contribution in [3.8, 4) is 5.75 Å². The van der Waals surface area contributed by atoms with Crippen molar-refractivity contribution in [1.82, 2.24) is 0 Å². The summed E-state index contributed by atoms with van der Waals surface area (Å²) in [4.78, 5) is 25.0. The summed E-state index contributed by atoms with van der Waals surface area (Å²) in [5.74, 6) is 0.819. The predicted octanol–water partition coefficient (Wildman–Crippen LogP) is 5.23. The third kappa shape index (κ3) is 4.16. The summed E-state index contributed by atoms with van der Waals surface area (Å²) in [6.07, 6.45) is 0.279. The van der Waals surface area contributed by atoms with Gasteiger partial charge in [-0.05, 0) is 0 Å². The van der Waals surface area contributed by atoms with E-state index in [1.807, 2.05) is 84.9 Å². The van der Waals surface area contributed by atoms with Gasteiger partial charge in [0.15, 0.2) is 0 Å². The van der Waals surface area contributed by atoms with Crippen molar-refractivity contribution in [2.75, 3.05) is 29.5 Å². The van der Waals surface area contributed by atoms with Crippen LogP contribution >= 0.6 is 7.79 Å². The first kappa shape index (κ1) is 21.4. The molecule has 1 heterocycles. The fourth-order valence-electron chi connectivity index (χ4n) is 4.51. The van der Waals surface area contributed by atoms with Gasteiger partial charge in [-0.15, -0.1) is 0 Å². The zero-order valence-corrected chi connectivity index (χ0v) is 18.9. The average molecular weight is 436 g/mol. The number of carbonyl (C=O) groups excluding carboxylic acids is 1. The maximum absolute atomic E-state index is 12.6. The van der Waals surface area contributed by atoms with Crippen LogP contribution in [0.25, 0.3) is 0 Å². The molecule has 1 atom stereocenters. The molecular formula is C25H29N2O3P. The fourth-order valence-corrected chi connectivity index (χ4v) is 8.67. The Hall–Kier alpha value is -2.88. The van der Waals surface area contributed by atoms with Gasteiger partial charge in [0.2, 0.25) is 0 Å². The molecule has 0 radical (unpaired) electrons. The standard InChI is InChI=1S/C25H29N2O3P/c1-20(28)19-25(21-13-15-24(30-2)16-14-21)31(29)26(22-9-5-3-6-10-22)17-18-27(31)23-11-7-4-8-12-23/h3-16,25,29,31H,17-19H2,1-2H3. The van der Waals surface area contributed by atoms with E-state index >= 15 is 0 Å². The Kier molecular flexibility index (Phi) is 6.26. The van der Waals surface area contributed by atoms with Crippen LogP contribution in [0.2, 0.25) is 0 Å². The molecule has 0 aromatic heterocycles. The normalized spacial score (nSPS) is 17.3. The molecule has 3 aromatic rings. The Morgan fingerprint density at radius 2 is 1.39 bits per heavy atom. The Balaban J connectivity index is 1.86. The van der Waals surface area contributed by atoms with E-state index in [0.717, 1.165) is 22.7 Å². The van der Waals surface area contributed by atoms with Crippen LogP contribution in [0.15, 0.2) is 84.9 Å². The number of Topliss-reactive ketones (excluding diaryl/α,β-unsaturated/α-hetero) is 1. The molecule has 1 unspecified atom stereocenters. The first-order valence-corrected chi connectivity index (χ1v) is 12.5. The first-order valence-electron chi connectivity index (χ1n) is 10.5. The number of benzene rings is 3. The summed E-state index contributed by atoms with van der Waals surface area (Å²) in [7, 11) is -1.75. The van der Waals surface area contributed by atoms with Gasteiger partial charge in [-0.1, -0.05) is 0 Å². The summed E-state index contributed by atoms with van der Waals surface area (Å²) >= 11 is 0. The van der Waals surface area contributed by atoms with Gasteiger partial charge >= 0.3 is 184 Å². The topological polar surface area (TPSA) is 53.0 Å². The van der Waals surface area contributed by atoms with E-state index in [1.165, 1.54) is 0 Å². The van der Waals surface area contributed by atoms with Gasteiger partial charge in [-0.25, -0.2) is 0 Å². The van der Waals surface area contributed by atoms with E-state index in [9.17, 15) is 9.69 Å².